The lowest BCUT2D eigenvalue weighted by atomic mass is 10.1. The predicted octanol–water partition coefficient (Wildman–Crippen LogP) is 4.94. The van der Waals surface area contributed by atoms with Gasteiger partial charge in [0, 0.05) is 42.8 Å². The molecule has 2 aliphatic rings. The van der Waals surface area contributed by atoms with Crippen LogP contribution in [0.15, 0.2) is 48.7 Å². The number of aryl methyl sites for hydroxylation is 1. The number of benzene rings is 2. The third kappa shape index (κ3) is 4.34. The molecule has 1 aliphatic carbocycles. The minimum atomic E-state index is 0.0584. The van der Waals surface area contributed by atoms with Gasteiger partial charge in [0.05, 0.1) is 34.8 Å². The molecule has 0 bridgehead atoms. The lowest BCUT2D eigenvalue weighted by molar-refractivity contribution is 0.0766. The van der Waals surface area contributed by atoms with Crippen LogP contribution in [0.4, 0.5) is 5.69 Å². The van der Waals surface area contributed by atoms with Crippen molar-refractivity contribution in [3.8, 4) is 11.8 Å². The monoisotopic (exact) mass is 459 g/mol. The van der Waals surface area contributed by atoms with E-state index in [-0.39, 0.29) is 5.91 Å². The lowest BCUT2D eigenvalue weighted by Crippen LogP contribution is -2.35. The first-order valence-corrected chi connectivity index (χ1v) is 11.8. The first kappa shape index (κ1) is 21.5. The maximum atomic E-state index is 13.6. The Kier molecular flexibility index (Phi) is 5.82. The number of nitrogens with zero attached hydrogens (tertiary/aromatic N) is 5. The van der Waals surface area contributed by atoms with Crippen molar-refractivity contribution < 1.29 is 4.79 Å². The zero-order valence-corrected chi connectivity index (χ0v) is 19.4. The molecule has 2 aromatic carbocycles. The third-order valence-corrected chi connectivity index (χ3v) is 6.95. The Balaban J connectivity index is 1.36. The molecule has 1 saturated carbocycles. The Morgan fingerprint density at radius 1 is 1.06 bits per heavy atom. The van der Waals surface area contributed by atoms with Crippen LogP contribution < -0.4 is 4.90 Å². The number of carbonyl (C=O) groups excluding carboxylic acids is 1. The molecule has 2 heterocycles. The highest BCUT2D eigenvalue weighted by Gasteiger charge is 2.34. The number of hydrogen-bond acceptors (Lipinski definition) is 4. The normalized spacial score (nSPS) is 16.4. The number of carbonyl (C=O) groups is 1. The van der Waals surface area contributed by atoms with Gasteiger partial charge in [-0.25, -0.2) is 4.68 Å². The number of aromatic nitrogens is 2. The Hall–Kier alpha value is -3.30. The fourth-order valence-corrected chi connectivity index (χ4v) is 4.66. The van der Waals surface area contributed by atoms with Gasteiger partial charge < -0.3 is 9.80 Å². The highest BCUT2D eigenvalue weighted by Crippen LogP contribution is 2.43. The standard InChI is InChI=1S/C26H26ClN5O/c1-18-3-8-22(15-24(18)27)32-25(20-6-7-20)23(17-29-32)26(33)31-12-2-11-30(13-14-31)21-9-4-19(16-28)5-10-21/h3-5,8-10,15,17,20H,2,6-7,11-14H2,1H3. The van der Waals surface area contributed by atoms with Gasteiger partial charge in [0.15, 0.2) is 0 Å². The summed E-state index contributed by atoms with van der Waals surface area (Å²) in [4.78, 5) is 17.8. The van der Waals surface area contributed by atoms with E-state index < -0.39 is 0 Å². The summed E-state index contributed by atoms with van der Waals surface area (Å²) >= 11 is 6.36. The van der Waals surface area contributed by atoms with E-state index in [0.717, 1.165) is 61.5 Å². The van der Waals surface area contributed by atoms with Crippen LogP contribution >= 0.6 is 11.6 Å². The second-order valence-electron chi connectivity index (χ2n) is 8.85. The molecule has 33 heavy (non-hydrogen) atoms. The van der Waals surface area contributed by atoms with Crippen LogP contribution in [0.3, 0.4) is 0 Å². The molecule has 6 nitrogen and oxygen atoms in total. The van der Waals surface area contributed by atoms with Crippen molar-refractivity contribution in [2.24, 2.45) is 0 Å². The van der Waals surface area contributed by atoms with E-state index in [1.807, 2.05) is 59.0 Å². The van der Waals surface area contributed by atoms with Gasteiger partial charge >= 0.3 is 0 Å². The molecule has 1 aromatic heterocycles. The maximum Gasteiger partial charge on any atom is 0.257 e. The van der Waals surface area contributed by atoms with Gasteiger partial charge in [0.1, 0.15) is 0 Å². The van der Waals surface area contributed by atoms with Gasteiger partial charge in [-0.3, -0.25) is 4.79 Å². The van der Waals surface area contributed by atoms with Crippen LogP contribution in [0.2, 0.25) is 5.02 Å². The van der Waals surface area contributed by atoms with Crippen LogP contribution in [-0.2, 0) is 0 Å². The number of nitriles is 1. The van der Waals surface area contributed by atoms with Crippen LogP contribution in [0, 0.1) is 18.3 Å². The van der Waals surface area contributed by atoms with Gasteiger partial charge in [-0.05, 0) is 68.1 Å². The van der Waals surface area contributed by atoms with E-state index >= 15 is 0 Å². The Bertz CT molecular complexity index is 1220. The van der Waals surface area contributed by atoms with Gasteiger partial charge in [-0.1, -0.05) is 17.7 Å². The maximum absolute atomic E-state index is 13.6. The zero-order valence-electron chi connectivity index (χ0n) is 18.7. The summed E-state index contributed by atoms with van der Waals surface area (Å²) in [5, 5.41) is 14.3. The van der Waals surface area contributed by atoms with Gasteiger partial charge in [-0.2, -0.15) is 10.4 Å². The predicted molar refractivity (Wildman–Crippen MR) is 129 cm³/mol. The van der Waals surface area contributed by atoms with E-state index in [9.17, 15) is 4.79 Å². The van der Waals surface area contributed by atoms with Gasteiger partial charge in [0.2, 0.25) is 0 Å². The van der Waals surface area contributed by atoms with Crippen molar-refractivity contribution in [3.63, 3.8) is 0 Å². The van der Waals surface area contributed by atoms with E-state index in [2.05, 4.69) is 16.1 Å². The molecule has 1 saturated heterocycles. The summed E-state index contributed by atoms with van der Waals surface area (Å²) < 4.78 is 1.90. The van der Waals surface area contributed by atoms with Crippen molar-refractivity contribution in [3.05, 3.63) is 76.1 Å². The molecule has 0 spiro atoms. The summed E-state index contributed by atoms with van der Waals surface area (Å²) in [6, 6.07) is 15.7. The van der Waals surface area contributed by atoms with E-state index in [4.69, 9.17) is 16.9 Å². The second kappa shape index (κ2) is 8.92. The molecular weight excluding hydrogens is 434 g/mol. The van der Waals surface area contributed by atoms with E-state index in [0.29, 0.717) is 28.6 Å². The molecule has 0 radical (unpaired) electrons. The van der Waals surface area contributed by atoms with Crippen molar-refractivity contribution in [1.29, 1.82) is 5.26 Å². The number of halogens is 1. The molecule has 168 valence electrons. The van der Waals surface area contributed by atoms with Crippen LogP contribution in [0.5, 0.6) is 0 Å². The van der Waals surface area contributed by atoms with Gasteiger partial charge in [0.25, 0.3) is 5.91 Å². The van der Waals surface area contributed by atoms with Crippen LogP contribution in [0.1, 0.15) is 52.4 Å². The van der Waals surface area contributed by atoms with Gasteiger partial charge in [-0.15, -0.1) is 0 Å². The van der Waals surface area contributed by atoms with Crippen molar-refractivity contribution in [2.75, 3.05) is 31.1 Å². The number of hydrogen-bond donors (Lipinski definition) is 0. The van der Waals surface area contributed by atoms with Crippen molar-refractivity contribution in [1.82, 2.24) is 14.7 Å². The second-order valence-corrected chi connectivity index (χ2v) is 9.26. The molecule has 0 atom stereocenters. The fraction of sp³-hybridized carbons (Fsp3) is 0.346. The SMILES string of the molecule is Cc1ccc(-n2ncc(C(=O)N3CCCN(c4ccc(C#N)cc4)CC3)c2C2CC2)cc1Cl. The van der Waals surface area contributed by atoms with Crippen molar-refractivity contribution >= 4 is 23.2 Å². The van der Waals surface area contributed by atoms with Crippen molar-refractivity contribution in [2.45, 2.75) is 32.1 Å². The van der Waals surface area contributed by atoms with E-state index in [1.165, 1.54) is 0 Å². The molecule has 1 amide bonds. The smallest absolute Gasteiger partial charge is 0.257 e. The number of rotatable bonds is 4. The minimum Gasteiger partial charge on any atom is -0.370 e. The molecule has 1 aliphatic heterocycles. The average Bonchev–Trinajstić information content (AvgIpc) is 3.63. The van der Waals surface area contributed by atoms with Crippen LogP contribution in [-0.4, -0.2) is 46.8 Å². The molecule has 7 heteroatoms. The lowest BCUT2D eigenvalue weighted by Gasteiger charge is -2.24. The molecule has 0 unspecified atom stereocenters. The summed E-state index contributed by atoms with van der Waals surface area (Å²) in [5.74, 6) is 0.427. The third-order valence-electron chi connectivity index (χ3n) is 6.55. The largest absolute Gasteiger partial charge is 0.370 e. The molecule has 2 fully saturated rings. The van der Waals surface area contributed by atoms with E-state index in [1.54, 1.807) is 6.20 Å². The number of anilines is 1. The topological polar surface area (TPSA) is 65.2 Å². The first-order chi connectivity index (χ1) is 16.0. The zero-order chi connectivity index (χ0) is 22.9. The summed E-state index contributed by atoms with van der Waals surface area (Å²) in [6.45, 7) is 5.00. The number of amides is 1. The Labute approximate surface area is 199 Å². The quantitative estimate of drug-likeness (QED) is 0.554. The summed E-state index contributed by atoms with van der Waals surface area (Å²) in [5.41, 5.74) is 5.38. The first-order valence-electron chi connectivity index (χ1n) is 11.4. The Morgan fingerprint density at radius 2 is 1.82 bits per heavy atom. The summed E-state index contributed by atoms with van der Waals surface area (Å²) in [6.07, 6.45) is 4.79. The molecule has 0 N–H and O–H groups in total. The fourth-order valence-electron chi connectivity index (χ4n) is 4.49. The highest BCUT2D eigenvalue weighted by molar-refractivity contribution is 6.31. The van der Waals surface area contributed by atoms with Crippen LogP contribution in [0.25, 0.3) is 5.69 Å². The molecule has 5 rings (SSSR count). The highest BCUT2D eigenvalue weighted by atomic mass is 35.5. The minimum absolute atomic E-state index is 0.0584. The average molecular weight is 460 g/mol. The Morgan fingerprint density at radius 3 is 2.52 bits per heavy atom. The molecular formula is C26H26ClN5O. The molecule has 3 aromatic rings. The summed E-state index contributed by atoms with van der Waals surface area (Å²) in [7, 11) is 0.